The summed E-state index contributed by atoms with van der Waals surface area (Å²) in [6, 6.07) is 13.3. The summed E-state index contributed by atoms with van der Waals surface area (Å²) in [5.74, 6) is 0.858. The van der Waals surface area contributed by atoms with E-state index in [0.29, 0.717) is 30.9 Å². The van der Waals surface area contributed by atoms with Crippen molar-refractivity contribution in [1.82, 2.24) is 15.3 Å². The number of fused-ring (bicyclic) bond motifs is 1. The summed E-state index contributed by atoms with van der Waals surface area (Å²) in [7, 11) is 0. The number of primary amides is 1. The molecule has 0 bridgehead atoms. The van der Waals surface area contributed by atoms with E-state index in [2.05, 4.69) is 15.3 Å². The van der Waals surface area contributed by atoms with Crippen LogP contribution in [0.2, 0.25) is 0 Å². The van der Waals surface area contributed by atoms with Gasteiger partial charge in [-0.05, 0) is 66.3 Å². The first kappa shape index (κ1) is 19.8. The number of rotatable bonds is 9. The second kappa shape index (κ2) is 8.92. The molecule has 1 aliphatic rings. The summed E-state index contributed by atoms with van der Waals surface area (Å²) >= 11 is 0. The smallest absolute Gasteiger partial charge is 0.242 e. The van der Waals surface area contributed by atoms with Gasteiger partial charge in [0.1, 0.15) is 5.54 Å². The Morgan fingerprint density at radius 1 is 1.00 bits per heavy atom. The minimum absolute atomic E-state index is 0.174. The molecule has 0 spiro atoms. The van der Waals surface area contributed by atoms with Crippen molar-refractivity contribution in [2.75, 3.05) is 13.3 Å². The zero-order chi connectivity index (χ0) is 20.8. The quantitative estimate of drug-likeness (QED) is 0.568. The number of hydrogen-bond donors (Lipinski definition) is 2. The molecule has 0 saturated carbocycles. The maximum atomic E-state index is 12.8. The highest BCUT2D eigenvalue weighted by atomic mass is 16.7. The van der Waals surface area contributed by atoms with E-state index >= 15 is 0 Å². The van der Waals surface area contributed by atoms with Crippen molar-refractivity contribution in [2.24, 2.45) is 5.73 Å². The maximum Gasteiger partial charge on any atom is 0.242 e. The molecule has 0 saturated heterocycles. The third kappa shape index (κ3) is 4.26. The van der Waals surface area contributed by atoms with Gasteiger partial charge in [0.05, 0.1) is 0 Å². The van der Waals surface area contributed by atoms with E-state index in [4.69, 9.17) is 15.2 Å². The molecule has 3 N–H and O–H groups in total. The Morgan fingerprint density at radius 3 is 2.60 bits per heavy atom. The molecule has 1 amide bonds. The third-order valence-electron chi connectivity index (χ3n) is 5.39. The monoisotopic (exact) mass is 404 g/mol. The molecule has 1 atom stereocenters. The molecule has 3 aromatic rings. The molecule has 0 radical (unpaired) electrons. The molecule has 4 rings (SSSR count). The van der Waals surface area contributed by atoms with Crippen molar-refractivity contribution in [1.29, 1.82) is 0 Å². The van der Waals surface area contributed by atoms with Crippen LogP contribution in [0.4, 0.5) is 0 Å². The van der Waals surface area contributed by atoms with Gasteiger partial charge in [0.25, 0.3) is 0 Å². The topological polar surface area (TPSA) is 99.4 Å². The van der Waals surface area contributed by atoms with E-state index in [1.54, 1.807) is 18.6 Å². The van der Waals surface area contributed by atoms with Gasteiger partial charge in [-0.25, -0.2) is 0 Å². The average Bonchev–Trinajstić information content (AvgIpc) is 3.25. The van der Waals surface area contributed by atoms with Crippen molar-refractivity contribution in [3.8, 4) is 11.5 Å². The first-order chi connectivity index (χ1) is 14.7. The maximum absolute atomic E-state index is 12.8. The summed E-state index contributed by atoms with van der Waals surface area (Å²) < 4.78 is 11.0. The van der Waals surface area contributed by atoms with Crippen molar-refractivity contribution < 1.29 is 14.3 Å². The third-order valence-corrected chi connectivity index (χ3v) is 5.39. The lowest BCUT2D eigenvalue weighted by atomic mass is 9.83. The number of nitrogens with one attached hydrogen (secondary N) is 1. The fourth-order valence-electron chi connectivity index (χ4n) is 3.70. The summed E-state index contributed by atoms with van der Waals surface area (Å²) in [6.07, 6.45) is 8.94. The van der Waals surface area contributed by atoms with Gasteiger partial charge in [-0.15, -0.1) is 0 Å². The lowest BCUT2D eigenvalue weighted by Crippen LogP contribution is -2.53. The summed E-state index contributed by atoms with van der Waals surface area (Å²) in [6.45, 7) is 0.752. The van der Waals surface area contributed by atoms with E-state index in [9.17, 15) is 4.79 Å². The largest absolute Gasteiger partial charge is 0.454 e. The zero-order valence-electron chi connectivity index (χ0n) is 16.6. The van der Waals surface area contributed by atoms with Crippen LogP contribution in [0.1, 0.15) is 23.1 Å². The van der Waals surface area contributed by atoms with Crippen LogP contribution in [0.25, 0.3) is 0 Å². The van der Waals surface area contributed by atoms with Crippen LogP contribution in [0.5, 0.6) is 11.5 Å². The number of carbonyl (C=O) groups excluding carboxylic acids is 1. The molecule has 1 aromatic carbocycles. The number of amides is 1. The van der Waals surface area contributed by atoms with Gasteiger partial charge in [0.2, 0.25) is 12.7 Å². The Morgan fingerprint density at radius 2 is 1.83 bits per heavy atom. The molecule has 154 valence electrons. The molecular formula is C23H24N4O3. The number of nitrogens with two attached hydrogens (primary N) is 1. The first-order valence-corrected chi connectivity index (χ1v) is 9.90. The average molecular weight is 404 g/mol. The van der Waals surface area contributed by atoms with Gasteiger partial charge in [-0.1, -0.05) is 12.1 Å². The van der Waals surface area contributed by atoms with Crippen molar-refractivity contribution in [3.63, 3.8) is 0 Å². The van der Waals surface area contributed by atoms with Crippen molar-refractivity contribution in [2.45, 2.75) is 24.8 Å². The van der Waals surface area contributed by atoms with Crippen LogP contribution in [-0.4, -0.2) is 29.2 Å². The first-order valence-electron chi connectivity index (χ1n) is 9.90. The molecule has 2 aromatic heterocycles. The Bertz CT molecular complexity index is 998. The highest BCUT2D eigenvalue weighted by Crippen LogP contribution is 2.37. The number of nitrogens with zero attached hydrogens (tertiary/aromatic N) is 2. The minimum atomic E-state index is -1.05. The number of ether oxygens (including phenoxy) is 2. The summed E-state index contributed by atoms with van der Waals surface area (Å²) in [5.41, 5.74) is 7.88. The molecule has 1 unspecified atom stereocenters. The predicted octanol–water partition coefficient (Wildman–Crippen LogP) is 2.35. The Labute approximate surface area is 175 Å². The van der Waals surface area contributed by atoms with Crippen LogP contribution in [0, 0.1) is 0 Å². The van der Waals surface area contributed by atoms with Gasteiger partial charge in [0.15, 0.2) is 11.5 Å². The highest BCUT2D eigenvalue weighted by Gasteiger charge is 2.38. The molecule has 7 heteroatoms. The lowest BCUT2D eigenvalue weighted by Gasteiger charge is -2.33. The van der Waals surface area contributed by atoms with Crippen LogP contribution in [0.3, 0.4) is 0 Å². The molecule has 0 aliphatic carbocycles. The molecular weight excluding hydrogens is 380 g/mol. The molecule has 0 fully saturated rings. The fourth-order valence-corrected chi connectivity index (χ4v) is 3.70. The second-order valence-corrected chi connectivity index (χ2v) is 7.23. The number of benzene rings is 1. The lowest BCUT2D eigenvalue weighted by molar-refractivity contribution is -0.125. The number of hydrogen-bond acceptors (Lipinski definition) is 6. The predicted molar refractivity (Wildman–Crippen MR) is 112 cm³/mol. The summed E-state index contributed by atoms with van der Waals surface area (Å²) in [4.78, 5) is 21.1. The Hall–Kier alpha value is -3.45. The van der Waals surface area contributed by atoms with E-state index in [1.165, 1.54) is 0 Å². The second-order valence-electron chi connectivity index (χ2n) is 7.23. The van der Waals surface area contributed by atoms with Gasteiger partial charge in [-0.3, -0.25) is 20.1 Å². The van der Waals surface area contributed by atoms with Gasteiger partial charge in [0, 0.05) is 31.3 Å². The van der Waals surface area contributed by atoms with Crippen LogP contribution in [-0.2, 0) is 23.2 Å². The normalized spacial score (nSPS) is 14.3. The van der Waals surface area contributed by atoms with Gasteiger partial charge < -0.3 is 15.2 Å². The Balaban J connectivity index is 1.61. The SMILES string of the molecule is NC(=O)C(CCc1cccnc1)(NCCc1ccncc1)c1ccc2c(c1)OCO2. The van der Waals surface area contributed by atoms with Crippen LogP contribution >= 0.6 is 0 Å². The van der Waals surface area contributed by atoms with E-state index < -0.39 is 11.4 Å². The fraction of sp³-hybridized carbons (Fsp3) is 0.261. The van der Waals surface area contributed by atoms with Gasteiger partial charge >= 0.3 is 0 Å². The minimum Gasteiger partial charge on any atom is -0.454 e. The number of carbonyl (C=O) groups is 1. The molecule has 3 heterocycles. The molecule has 7 nitrogen and oxygen atoms in total. The number of aromatic nitrogens is 2. The number of pyridine rings is 2. The van der Waals surface area contributed by atoms with Crippen LogP contribution < -0.4 is 20.5 Å². The standard InChI is InChI=1S/C23H24N4O3/c24-22(28)23(9-5-18-2-1-10-26-15-18,27-13-8-17-6-11-25-12-7-17)19-3-4-20-21(14-19)30-16-29-20/h1-4,6-7,10-12,14-15,27H,5,8-9,13,16H2,(H2,24,28). The van der Waals surface area contributed by atoms with E-state index in [-0.39, 0.29) is 6.79 Å². The van der Waals surface area contributed by atoms with Crippen LogP contribution in [0.15, 0.2) is 67.3 Å². The Kier molecular flexibility index (Phi) is 5.90. The zero-order valence-corrected chi connectivity index (χ0v) is 16.6. The molecule has 30 heavy (non-hydrogen) atoms. The highest BCUT2D eigenvalue weighted by molar-refractivity contribution is 5.86. The van der Waals surface area contributed by atoms with Gasteiger partial charge in [-0.2, -0.15) is 0 Å². The van der Waals surface area contributed by atoms with Crippen molar-refractivity contribution >= 4 is 5.91 Å². The van der Waals surface area contributed by atoms with E-state index in [0.717, 1.165) is 23.1 Å². The molecule has 1 aliphatic heterocycles. The number of aryl methyl sites for hydroxylation is 1. The van der Waals surface area contributed by atoms with Crippen molar-refractivity contribution in [3.05, 3.63) is 83.9 Å². The van der Waals surface area contributed by atoms with E-state index in [1.807, 2.05) is 48.7 Å². The summed E-state index contributed by atoms with van der Waals surface area (Å²) in [5, 5.41) is 3.45.